The molecule has 6 nitrogen and oxygen atoms in total. The first-order chi connectivity index (χ1) is 12.5. The number of methoxy groups -OCH3 is 1. The smallest absolute Gasteiger partial charge is 0.242 e. The lowest BCUT2D eigenvalue weighted by atomic mass is 10.2. The van der Waals surface area contributed by atoms with Crippen molar-refractivity contribution in [2.24, 2.45) is 0 Å². The van der Waals surface area contributed by atoms with E-state index in [4.69, 9.17) is 4.74 Å². The highest BCUT2D eigenvalue weighted by Crippen LogP contribution is 2.26. The van der Waals surface area contributed by atoms with E-state index in [1.165, 1.54) is 13.2 Å². The molecule has 1 aromatic heterocycles. The molecule has 0 saturated heterocycles. The molecule has 0 aliphatic carbocycles. The maximum atomic E-state index is 12.6. The van der Waals surface area contributed by atoms with Crippen molar-refractivity contribution in [1.82, 2.24) is 9.47 Å². The van der Waals surface area contributed by atoms with Crippen molar-refractivity contribution in [3.05, 3.63) is 70.5 Å². The second kappa shape index (κ2) is 7.31. The number of phenols is 1. The average Bonchev–Trinajstić information content (AvgIpc) is 2.65. The zero-order valence-electron chi connectivity index (χ0n) is 14.7. The number of para-hydroxylation sites is 1. The number of carbonyl (C=O) groups excluding carboxylic acids is 1. The van der Waals surface area contributed by atoms with Gasteiger partial charge in [0.15, 0.2) is 16.9 Å². The van der Waals surface area contributed by atoms with Gasteiger partial charge < -0.3 is 19.3 Å². The maximum Gasteiger partial charge on any atom is 0.242 e. The number of carbonyl (C=O) groups is 1. The highest BCUT2D eigenvalue weighted by molar-refractivity contribution is 5.82. The zero-order chi connectivity index (χ0) is 18.7. The first-order valence-electron chi connectivity index (χ1n) is 8.17. The Labute approximate surface area is 150 Å². The molecule has 0 bridgehead atoms. The molecule has 0 spiro atoms. The van der Waals surface area contributed by atoms with Gasteiger partial charge in [-0.05, 0) is 29.8 Å². The van der Waals surface area contributed by atoms with Crippen molar-refractivity contribution in [3.63, 3.8) is 0 Å². The SMILES string of the molecule is COc1cc(CN(C)C(=O)Cn2ccc(=O)c3ccccc32)ccc1O. The molecule has 0 saturated carbocycles. The molecule has 0 radical (unpaired) electrons. The van der Waals surface area contributed by atoms with Crippen LogP contribution in [0.3, 0.4) is 0 Å². The van der Waals surface area contributed by atoms with E-state index in [0.29, 0.717) is 17.7 Å². The van der Waals surface area contributed by atoms with Crippen molar-refractivity contribution in [3.8, 4) is 11.5 Å². The van der Waals surface area contributed by atoms with Crippen LogP contribution in [-0.4, -0.2) is 34.6 Å². The predicted molar refractivity (Wildman–Crippen MR) is 99.3 cm³/mol. The number of likely N-dealkylation sites (N-methyl/N-ethyl adjacent to an activating group) is 1. The van der Waals surface area contributed by atoms with Gasteiger partial charge in [-0.1, -0.05) is 18.2 Å². The van der Waals surface area contributed by atoms with Gasteiger partial charge in [-0.25, -0.2) is 0 Å². The zero-order valence-corrected chi connectivity index (χ0v) is 14.7. The lowest BCUT2D eigenvalue weighted by molar-refractivity contribution is -0.131. The molecule has 134 valence electrons. The van der Waals surface area contributed by atoms with Gasteiger partial charge in [0.05, 0.1) is 12.6 Å². The number of phenolic OH excluding ortho intramolecular Hbond substituents is 1. The van der Waals surface area contributed by atoms with Crippen LogP contribution in [0, 0.1) is 0 Å². The number of rotatable bonds is 5. The monoisotopic (exact) mass is 352 g/mol. The number of fused-ring (bicyclic) bond motifs is 1. The summed E-state index contributed by atoms with van der Waals surface area (Å²) in [7, 11) is 3.20. The Morgan fingerprint density at radius 3 is 2.73 bits per heavy atom. The van der Waals surface area contributed by atoms with Gasteiger partial charge in [-0.2, -0.15) is 0 Å². The van der Waals surface area contributed by atoms with Crippen molar-refractivity contribution >= 4 is 16.8 Å². The summed E-state index contributed by atoms with van der Waals surface area (Å²) in [5.74, 6) is 0.338. The van der Waals surface area contributed by atoms with Crippen LogP contribution in [-0.2, 0) is 17.9 Å². The third-order valence-electron chi connectivity index (χ3n) is 4.28. The summed E-state index contributed by atoms with van der Waals surface area (Å²) < 4.78 is 6.87. The highest BCUT2D eigenvalue weighted by Gasteiger charge is 2.13. The molecular weight excluding hydrogens is 332 g/mol. The Kier molecular flexibility index (Phi) is 4.93. The minimum atomic E-state index is -0.0918. The first-order valence-corrected chi connectivity index (χ1v) is 8.17. The molecule has 3 rings (SSSR count). The molecular formula is C20H20N2O4. The average molecular weight is 352 g/mol. The normalized spacial score (nSPS) is 10.7. The van der Waals surface area contributed by atoms with E-state index >= 15 is 0 Å². The molecule has 6 heteroatoms. The van der Waals surface area contributed by atoms with E-state index in [1.54, 1.807) is 53.0 Å². The summed E-state index contributed by atoms with van der Waals surface area (Å²) in [5.41, 5.74) is 1.52. The van der Waals surface area contributed by atoms with E-state index in [1.807, 2.05) is 12.1 Å². The molecule has 1 heterocycles. The molecule has 3 aromatic rings. The Balaban J connectivity index is 1.78. The summed E-state index contributed by atoms with van der Waals surface area (Å²) in [5, 5.41) is 10.3. The van der Waals surface area contributed by atoms with Crippen LogP contribution in [0.15, 0.2) is 59.5 Å². The fraction of sp³-hybridized carbons (Fsp3) is 0.200. The number of aromatic hydroxyl groups is 1. The van der Waals surface area contributed by atoms with E-state index in [9.17, 15) is 14.7 Å². The molecule has 0 fully saturated rings. The van der Waals surface area contributed by atoms with Crippen molar-refractivity contribution in [2.45, 2.75) is 13.1 Å². The fourth-order valence-electron chi connectivity index (χ4n) is 2.85. The van der Waals surface area contributed by atoms with E-state index in [2.05, 4.69) is 0 Å². The third kappa shape index (κ3) is 3.54. The van der Waals surface area contributed by atoms with Gasteiger partial charge >= 0.3 is 0 Å². The van der Waals surface area contributed by atoms with Crippen LogP contribution < -0.4 is 10.2 Å². The number of hydrogen-bond acceptors (Lipinski definition) is 4. The first kappa shape index (κ1) is 17.5. The van der Waals surface area contributed by atoms with Crippen LogP contribution >= 0.6 is 0 Å². The van der Waals surface area contributed by atoms with Crippen LogP contribution in [0.1, 0.15) is 5.56 Å². The van der Waals surface area contributed by atoms with Gasteiger partial charge in [-0.15, -0.1) is 0 Å². The number of benzene rings is 2. The molecule has 0 aliphatic heterocycles. The number of hydrogen-bond donors (Lipinski definition) is 1. The maximum absolute atomic E-state index is 12.6. The molecule has 1 amide bonds. The number of nitrogens with zero attached hydrogens (tertiary/aromatic N) is 2. The van der Waals surface area contributed by atoms with Crippen LogP contribution in [0.5, 0.6) is 11.5 Å². The number of pyridine rings is 1. The summed E-state index contributed by atoms with van der Waals surface area (Å²) in [4.78, 5) is 26.1. The standard InChI is InChI=1S/C20H20N2O4/c1-21(12-14-7-8-18(24)19(11-14)26-2)20(25)13-22-10-9-17(23)15-5-3-4-6-16(15)22/h3-11,24H,12-13H2,1-2H3. The molecule has 0 aliphatic rings. The van der Waals surface area contributed by atoms with Gasteiger partial charge in [0.2, 0.25) is 5.91 Å². The summed E-state index contributed by atoms with van der Waals surface area (Å²) in [6, 6.07) is 13.7. The molecule has 0 atom stereocenters. The number of aromatic nitrogens is 1. The molecule has 0 unspecified atom stereocenters. The largest absolute Gasteiger partial charge is 0.504 e. The van der Waals surface area contributed by atoms with Crippen molar-refractivity contribution in [1.29, 1.82) is 0 Å². The lowest BCUT2D eigenvalue weighted by Gasteiger charge is -2.19. The van der Waals surface area contributed by atoms with E-state index in [0.717, 1.165) is 11.1 Å². The minimum absolute atomic E-state index is 0.0601. The summed E-state index contributed by atoms with van der Waals surface area (Å²) in [6.45, 7) is 0.514. The minimum Gasteiger partial charge on any atom is -0.504 e. The Hall–Kier alpha value is -3.28. The van der Waals surface area contributed by atoms with E-state index in [-0.39, 0.29) is 23.6 Å². The van der Waals surface area contributed by atoms with Gasteiger partial charge in [0.25, 0.3) is 0 Å². The Morgan fingerprint density at radius 2 is 1.96 bits per heavy atom. The topological polar surface area (TPSA) is 71.8 Å². The molecule has 26 heavy (non-hydrogen) atoms. The van der Waals surface area contributed by atoms with Gasteiger partial charge in [-0.3, -0.25) is 9.59 Å². The Bertz CT molecular complexity index is 1010. The van der Waals surface area contributed by atoms with Crippen molar-refractivity contribution in [2.75, 3.05) is 14.2 Å². The quantitative estimate of drug-likeness (QED) is 0.765. The fourth-order valence-corrected chi connectivity index (χ4v) is 2.85. The lowest BCUT2D eigenvalue weighted by Crippen LogP contribution is -2.30. The van der Waals surface area contributed by atoms with E-state index < -0.39 is 0 Å². The van der Waals surface area contributed by atoms with Crippen LogP contribution in [0.25, 0.3) is 10.9 Å². The number of amides is 1. The molecule has 2 aromatic carbocycles. The van der Waals surface area contributed by atoms with Gasteiger partial charge in [0.1, 0.15) is 6.54 Å². The van der Waals surface area contributed by atoms with Crippen LogP contribution in [0.4, 0.5) is 0 Å². The third-order valence-corrected chi connectivity index (χ3v) is 4.28. The number of ether oxygens (including phenoxy) is 1. The van der Waals surface area contributed by atoms with Crippen LogP contribution in [0.2, 0.25) is 0 Å². The summed E-state index contributed by atoms with van der Waals surface area (Å²) >= 11 is 0. The van der Waals surface area contributed by atoms with Crippen molar-refractivity contribution < 1.29 is 14.6 Å². The second-order valence-electron chi connectivity index (χ2n) is 6.08. The summed E-state index contributed by atoms with van der Waals surface area (Å²) in [6.07, 6.45) is 1.64. The predicted octanol–water partition coefficient (Wildman–Crippen LogP) is 2.37. The Morgan fingerprint density at radius 1 is 1.19 bits per heavy atom. The highest BCUT2D eigenvalue weighted by atomic mass is 16.5. The van der Waals surface area contributed by atoms with Gasteiger partial charge in [0, 0.05) is 31.2 Å². The second-order valence-corrected chi connectivity index (χ2v) is 6.08. The molecule has 1 N–H and O–H groups in total.